The van der Waals surface area contributed by atoms with Gasteiger partial charge in [-0.15, -0.1) is 23.2 Å². The Morgan fingerprint density at radius 1 is 0.936 bits per heavy atom. The number of Topliss-reactive ketones (excluding diaryl/α,β-unsaturated/α-hetero) is 2. The topological polar surface area (TPSA) is 72.5 Å². The maximum absolute atomic E-state index is 15.4. The number of nitrogens with one attached hydrogen (secondary N) is 1. The first kappa shape index (κ1) is 36.7. The van der Waals surface area contributed by atoms with E-state index in [2.05, 4.69) is 5.32 Å². The standard InChI is InChI=1S/C33H28Cl3F6NO4/c1-15(2)14-47-16(3)26(44)13-21-24(37)8-5-18(30(21)39)11-27(45)20-12-19(6-7-23(20)34)43-31(46)29-28(32(29,35)36)17-4-9-25(38)22(10-17)33(40,41)42/h4-10,12,15-16,28-29H,11,13-14H2,1-3H3,(H,43,46)/t16?,28-,29+/m0/s1. The Hall–Kier alpha value is -3.12. The highest BCUT2D eigenvalue weighted by Gasteiger charge is 2.67. The zero-order valence-electron chi connectivity index (χ0n) is 25.1. The highest BCUT2D eigenvalue weighted by Crippen LogP contribution is 2.65. The molecule has 1 unspecified atom stereocenters. The first-order valence-electron chi connectivity index (χ1n) is 14.3. The highest BCUT2D eigenvalue weighted by atomic mass is 35.5. The fourth-order valence-electron chi connectivity index (χ4n) is 5.02. The summed E-state index contributed by atoms with van der Waals surface area (Å²) in [6.07, 6.45) is -7.06. The lowest BCUT2D eigenvalue weighted by molar-refractivity contribution is -0.140. The third-order valence-corrected chi connectivity index (χ3v) is 8.90. The van der Waals surface area contributed by atoms with E-state index < -0.39 is 87.3 Å². The molecule has 0 spiro atoms. The second-order valence-electron chi connectivity index (χ2n) is 11.7. The van der Waals surface area contributed by atoms with Gasteiger partial charge in [-0.1, -0.05) is 37.6 Å². The first-order chi connectivity index (χ1) is 21.8. The zero-order chi connectivity index (χ0) is 35.0. The van der Waals surface area contributed by atoms with Crippen LogP contribution in [0.25, 0.3) is 0 Å². The lowest BCUT2D eigenvalue weighted by Crippen LogP contribution is -2.25. The van der Waals surface area contributed by atoms with Gasteiger partial charge in [0.05, 0.1) is 16.5 Å². The lowest BCUT2D eigenvalue weighted by atomic mass is 9.97. The van der Waals surface area contributed by atoms with Crippen LogP contribution < -0.4 is 5.32 Å². The number of alkyl halides is 5. The van der Waals surface area contributed by atoms with Crippen molar-refractivity contribution in [2.75, 3.05) is 11.9 Å². The van der Waals surface area contributed by atoms with Crippen LogP contribution in [0.5, 0.6) is 0 Å². The van der Waals surface area contributed by atoms with Crippen molar-refractivity contribution in [1.82, 2.24) is 0 Å². The van der Waals surface area contributed by atoms with Gasteiger partial charge in [-0.3, -0.25) is 14.4 Å². The Bertz CT molecular complexity index is 1710. The van der Waals surface area contributed by atoms with Crippen molar-refractivity contribution in [2.45, 2.75) is 56.1 Å². The summed E-state index contributed by atoms with van der Waals surface area (Å²) in [4.78, 5) is 38.9. The van der Waals surface area contributed by atoms with E-state index in [4.69, 9.17) is 39.5 Å². The molecule has 1 aliphatic rings. The molecule has 1 aliphatic carbocycles. The van der Waals surface area contributed by atoms with Crippen molar-refractivity contribution >= 4 is 58.0 Å². The van der Waals surface area contributed by atoms with Crippen LogP contribution in [0.2, 0.25) is 5.02 Å². The van der Waals surface area contributed by atoms with Gasteiger partial charge in [0.2, 0.25) is 5.91 Å². The highest BCUT2D eigenvalue weighted by molar-refractivity contribution is 6.53. The summed E-state index contributed by atoms with van der Waals surface area (Å²) in [6.45, 7) is 5.53. The number of benzene rings is 3. The molecule has 47 heavy (non-hydrogen) atoms. The molecule has 3 aromatic carbocycles. The molecule has 14 heteroatoms. The molecule has 0 aromatic heterocycles. The molecule has 3 atom stereocenters. The van der Waals surface area contributed by atoms with Crippen LogP contribution in [0.1, 0.15) is 59.3 Å². The van der Waals surface area contributed by atoms with Gasteiger partial charge in [0.1, 0.15) is 27.9 Å². The smallest absolute Gasteiger partial charge is 0.370 e. The molecular weight excluding hydrogens is 695 g/mol. The average molecular weight is 723 g/mol. The van der Waals surface area contributed by atoms with E-state index in [9.17, 15) is 36.3 Å². The fourth-order valence-corrected chi connectivity index (χ4v) is 6.07. The van der Waals surface area contributed by atoms with Crippen molar-refractivity contribution in [2.24, 2.45) is 11.8 Å². The van der Waals surface area contributed by atoms with Gasteiger partial charge in [-0.2, -0.15) is 13.2 Å². The quantitative estimate of drug-likeness (QED) is 0.115. The van der Waals surface area contributed by atoms with E-state index in [0.29, 0.717) is 12.1 Å². The van der Waals surface area contributed by atoms with Crippen LogP contribution in [-0.2, 0) is 33.3 Å². The predicted octanol–water partition coefficient (Wildman–Crippen LogP) is 8.90. The maximum Gasteiger partial charge on any atom is 0.419 e. The van der Waals surface area contributed by atoms with Crippen molar-refractivity contribution in [1.29, 1.82) is 0 Å². The van der Waals surface area contributed by atoms with Crippen LogP contribution in [0.3, 0.4) is 0 Å². The van der Waals surface area contributed by atoms with E-state index >= 15 is 4.39 Å². The van der Waals surface area contributed by atoms with E-state index in [1.807, 2.05) is 13.8 Å². The van der Waals surface area contributed by atoms with E-state index in [1.54, 1.807) is 0 Å². The zero-order valence-corrected chi connectivity index (χ0v) is 27.4. The third kappa shape index (κ3) is 8.31. The van der Waals surface area contributed by atoms with Gasteiger partial charge in [0.15, 0.2) is 11.6 Å². The number of ketones is 2. The first-order valence-corrected chi connectivity index (χ1v) is 15.4. The molecule has 0 radical (unpaired) electrons. The number of amides is 1. The van der Waals surface area contributed by atoms with E-state index in [0.717, 1.165) is 18.2 Å². The largest absolute Gasteiger partial charge is 0.419 e. The Morgan fingerprint density at radius 2 is 1.60 bits per heavy atom. The van der Waals surface area contributed by atoms with Gasteiger partial charge < -0.3 is 10.1 Å². The number of hydrogen-bond donors (Lipinski definition) is 1. The monoisotopic (exact) mass is 721 g/mol. The minimum absolute atomic E-state index is 0.0360. The second-order valence-corrected chi connectivity index (χ2v) is 13.5. The van der Waals surface area contributed by atoms with E-state index in [1.165, 1.54) is 25.1 Å². The maximum atomic E-state index is 15.4. The molecule has 0 saturated heterocycles. The number of hydrogen-bond acceptors (Lipinski definition) is 4. The number of ether oxygens (including phenoxy) is 1. The molecule has 1 fully saturated rings. The fraction of sp³-hybridized carbons (Fsp3) is 0.364. The summed E-state index contributed by atoms with van der Waals surface area (Å²) in [5, 5.41) is 2.44. The van der Waals surface area contributed by atoms with Gasteiger partial charge in [-0.05, 0) is 60.4 Å². The molecule has 0 aliphatic heterocycles. The van der Waals surface area contributed by atoms with Crippen molar-refractivity contribution in [3.8, 4) is 0 Å². The summed E-state index contributed by atoms with van der Waals surface area (Å²) in [5.41, 5.74) is -2.45. The summed E-state index contributed by atoms with van der Waals surface area (Å²) < 4.78 is 87.0. The lowest BCUT2D eigenvalue weighted by Gasteiger charge is -2.15. The number of carbonyl (C=O) groups is 3. The van der Waals surface area contributed by atoms with Crippen LogP contribution in [-0.4, -0.2) is 34.5 Å². The predicted molar refractivity (Wildman–Crippen MR) is 166 cm³/mol. The van der Waals surface area contributed by atoms with Crippen LogP contribution in [0, 0.1) is 29.3 Å². The minimum Gasteiger partial charge on any atom is -0.370 e. The number of carbonyl (C=O) groups excluding carboxylic acids is 3. The Labute approximate surface area is 281 Å². The Balaban J connectivity index is 1.49. The normalized spacial score (nSPS) is 17.8. The summed E-state index contributed by atoms with van der Waals surface area (Å²) >= 11 is 18.7. The number of halogens is 9. The number of rotatable bonds is 12. The van der Waals surface area contributed by atoms with Gasteiger partial charge in [-0.25, -0.2) is 13.2 Å². The van der Waals surface area contributed by atoms with Crippen LogP contribution >= 0.6 is 34.8 Å². The van der Waals surface area contributed by atoms with Crippen LogP contribution in [0.4, 0.5) is 32.0 Å². The van der Waals surface area contributed by atoms with Crippen LogP contribution in [0.15, 0.2) is 48.5 Å². The molecule has 1 amide bonds. The van der Waals surface area contributed by atoms with Gasteiger partial charge >= 0.3 is 6.18 Å². The molecular formula is C33H28Cl3F6NO4. The van der Waals surface area contributed by atoms with Crippen molar-refractivity contribution < 1.29 is 45.5 Å². The molecule has 4 rings (SSSR count). The molecule has 252 valence electrons. The van der Waals surface area contributed by atoms with E-state index in [-0.39, 0.29) is 39.9 Å². The molecule has 0 bridgehead atoms. The van der Waals surface area contributed by atoms with Crippen molar-refractivity contribution in [3.05, 3.63) is 98.8 Å². The third-order valence-electron chi connectivity index (χ3n) is 7.63. The minimum atomic E-state index is -4.99. The molecule has 1 N–H and O–H groups in total. The molecule has 3 aromatic rings. The summed E-state index contributed by atoms with van der Waals surface area (Å²) in [6, 6.07) is 8.04. The van der Waals surface area contributed by atoms with Gasteiger partial charge in [0, 0.05) is 42.2 Å². The Morgan fingerprint density at radius 3 is 2.23 bits per heavy atom. The Kier molecular flexibility index (Phi) is 11.1. The average Bonchev–Trinajstić information content (AvgIpc) is 3.57. The molecule has 1 saturated carbocycles. The molecule has 5 nitrogen and oxygen atoms in total. The summed E-state index contributed by atoms with van der Waals surface area (Å²) in [7, 11) is 0. The summed E-state index contributed by atoms with van der Waals surface area (Å²) in [5.74, 6) is -7.79. The van der Waals surface area contributed by atoms with Crippen molar-refractivity contribution in [3.63, 3.8) is 0 Å². The second kappa shape index (κ2) is 14.2. The number of anilines is 1. The van der Waals surface area contributed by atoms with Gasteiger partial charge in [0.25, 0.3) is 0 Å². The SMILES string of the molecule is CC(C)COC(C)C(=O)Cc1c(F)ccc(CC(=O)c2cc(NC(=O)[C@H]3[C@H](c4ccc(F)c(C(F)(F)F)c4)C3(Cl)Cl)ccc2Cl)c1F. The molecule has 0 heterocycles.